The first kappa shape index (κ1) is 12.8. The minimum atomic E-state index is -0.930. The van der Waals surface area contributed by atoms with E-state index >= 15 is 0 Å². The van der Waals surface area contributed by atoms with Crippen LogP contribution in [0, 0.1) is 29.5 Å². The molecule has 5 heteroatoms. The molecule has 1 saturated carbocycles. The van der Waals surface area contributed by atoms with Gasteiger partial charge >= 0.3 is 5.97 Å². The molecule has 0 spiro atoms. The Balaban J connectivity index is 1.78. The number of hydrogen-bond donors (Lipinski definition) is 2. The van der Waals surface area contributed by atoms with E-state index in [2.05, 4.69) is 5.32 Å². The molecule has 1 fully saturated rings. The van der Waals surface area contributed by atoms with Crippen molar-refractivity contribution in [3.05, 3.63) is 42.2 Å². The van der Waals surface area contributed by atoms with Crippen LogP contribution in [-0.2, 0) is 9.59 Å². The highest BCUT2D eigenvalue weighted by atomic mass is 19.1. The highest BCUT2D eigenvalue weighted by molar-refractivity contribution is 5.96. The Labute approximate surface area is 115 Å². The topological polar surface area (TPSA) is 66.4 Å². The third-order valence-electron chi connectivity index (χ3n) is 4.16. The maximum atomic E-state index is 12.8. The Morgan fingerprint density at radius 3 is 2.30 bits per heavy atom. The SMILES string of the molecule is O=C(O)[C@@H]1[C@H](C(=O)Nc2ccc(F)cc2)[C@@H]2C=C[C@H]1C2. The van der Waals surface area contributed by atoms with Gasteiger partial charge in [0, 0.05) is 5.69 Å². The van der Waals surface area contributed by atoms with Crippen LogP contribution in [-0.4, -0.2) is 17.0 Å². The van der Waals surface area contributed by atoms with Crippen LogP contribution in [0.25, 0.3) is 0 Å². The zero-order valence-electron chi connectivity index (χ0n) is 10.6. The zero-order valence-corrected chi connectivity index (χ0v) is 10.6. The molecule has 2 aliphatic carbocycles. The molecule has 2 N–H and O–H groups in total. The zero-order chi connectivity index (χ0) is 14.3. The van der Waals surface area contributed by atoms with Crippen LogP contribution in [0.1, 0.15) is 6.42 Å². The Hall–Kier alpha value is -2.17. The summed E-state index contributed by atoms with van der Waals surface area (Å²) in [6, 6.07) is 5.44. The van der Waals surface area contributed by atoms with Crippen molar-refractivity contribution in [2.75, 3.05) is 5.32 Å². The molecule has 3 rings (SSSR count). The van der Waals surface area contributed by atoms with Gasteiger partial charge in [0.05, 0.1) is 11.8 Å². The minimum Gasteiger partial charge on any atom is -0.481 e. The number of carboxylic acids is 1. The van der Waals surface area contributed by atoms with Crippen LogP contribution >= 0.6 is 0 Å². The summed E-state index contributed by atoms with van der Waals surface area (Å²) in [5.74, 6) is -2.89. The van der Waals surface area contributed by atoms with Gasteiger partial charge < -0.3 is 10.4 Å². The number of carbonyl (C=O) groups is 2. The number of nitrogens with one attached hydrogen (secondary N) is 1. The molecule has 1 amide bonds. The first-order chi connectivity index (χ1) is 9.56. The second-order valence-electron chi connectivity index (χ2n) is 5.33. The van der Waals surface area contributed by atoms with Crippen LogP contribution in [0.15, 0.2) is 36.4 Å². The van der Waals surface area contributed by atoms with Crippen molar-refractivity contribution in [1.82, 2.24) is 0 Å². The minimum absolute atomic E-state index is 0.0125. The molecule has 0 heterocycles. The lowest BCUT2D eigenvalue weighted by molar-refractivity contribution is -0.146. The molecule has 1 aromatic rings. The van der Waals surface area contributed by atoms with Gasteiger partial charge in [-0.2, -0.15) is 0 Å². The van der Waals surface area contributed by atoms with Crippen molar-refractivity contribution in [3.8, 4) is 0 Å². The fourth-order valence-electron chi connectivity index (χ4n) is 3.28. The molecular weight excluding hydrogens is 261 g/mol. The molecule has 0 aliphatic heterocycles. The van der Waals surface area contributed by atoms with Gasteiger partial charge in [0.25, 0.3) is 0 Å². The number of anilines is 1. The molecule has 104 valence electrons. The van der Waals surface area contributed by atoms with E-state index in [-0.39, 0.29) is 23.6 Å². The highest BCUT2D eigenvalue weighted by Gasteiger charge is 2.51. The summed E-state index contributed by atoms with van der Waals surface area (Å²) in [5, 5.41) is 12.0. The molecule has 0 unspecified atom stereocenters. The lowest BCUT2D eigenvalue weighted by Crippen LogP contribution is -2.36. The van der Waals surface area contributed by atoms with Gasteiger partial charge in [-0.3, -0.25) is 9.59 Å². The van der Waals surface area contributed by atoms with Crippen LogP contribution in [0.2, 0.25) is 0 Å². The number of rotatable bonds is 3. The fraction of sp³-hybridized carbons (Fsp3) is 0.333. The smallest absolute Gasteiger partial charge is 0.307 e. The summed E-state index contributed by atoms with van der Waals surface area (Å²) < 4.78 is 12.8. The van der Waals surface area contributed by atoms with E-state index in [4.69, 9.17) is 0 Å². The van der Waals surface area contributed by atoms with Crippen molar-refractivity contribution in [3.63, 3.8) is 0 Å². The third kappa shape index (κ3) is 2.09. The molecule has 0 saturated heterocycles. The monoisotopic (exact) mass is 275 g/mol. The summed E-state index contributed by atoms with van der Waals surface area (Å²) in [6.45, 7) is 0. The van der Waals surface area contributed by atoms with Crippen LogP contribution in [0.4, 0.5) is 10.1 Å². The third-order valence-corrected chi connectivity index (χ3v) is 4.16. The van der Waals surface area contributed by atoms with Gasteiger partial charge in [-0.25, -0.2) is 4.39 Å². The quantitative estimate of drug-likeness (QED) is 0.832. The Kier molecular flexibility index (Phi) is 3.04. The van der Waals surface area contributed by atoms with E-state index in [1.807, 2.05) is 12.2 Å². The second kappa shape index (κ2) is 4.74. The van der Waals surface area contributed by atoms with Crippen LogP contribution in [0.3, 0.4) is 0 Å². The average Bonchev–Trinajstić information content (AvgIpc) is 3.01. The van der Waals surface area contributed by atoms with Gasteiger partial charge in [-0.1, -0.05) is 12.2 Å². The molecule has 2 bridgehead atoms. The molecule has 4 atom stereocenters. The van der Waals surface area contributed by atoms with Crippen molar-refractivity contribution in [1.29, 1.82) is 0 Å². The van der Waals surface area contributed by atoms with Gasteiger partial charge in [-0.05, 0) is 42.5 Å². The first-order valence-electron chi connectivity index (χ1n) is 6.54. The van der Waals surface area contributed by atoms with Gasteiger partial charge in [0.15, 0.2) is 0 Å². The Morgan fingerprint density at radius 1 is 1.10 bits per heavy atom. The maximum absolute atomic E-state index is 12.8. The van der Waals surface area contributed by atoms with E-state index in [1.54, 1.807) is 0 Å². The van der Waals surface area contributed by atoms with Gasteiger partial charge in [0.2, 0.25) is 5.91 Å². The van der Waals surface area contributed by atoms with E-state index in [1.165, 1.54) is 24.3 Å². The van der Waals surface area contributed by atoms with E-state index in [0.29, 0.717) is 5.69 Å². The lowest BCUT2D eigenvalue weighted by Gasteiger charge is -2.23. The molecule has 4 nitrogen and oxygen atoms in total. The normalized spacial score (nSPS) is 30.4. The molecule has 0 radical (unpaired) electrons. The van der Waals surface area contributed by atoms with Crippen LogP contribution in [0.5, 0.6) is 0 Å². The largest absolute Gasteiger partial charge is 0.481 e. The predicted molar refractivity (Wildman–Crippen MR) is 70.4 cm³/mol. The number of hydrogen-bond acceptors (Lipinski definition) is 2. The standard InChI is InChI=1S/C15H14FNO3/c16-10-3-5-11(6-4-10)17-14(18)12-8-1-2-9(7-8)13(12)15(19)20/h1-6,8-9,12-13H,7H2,(H,17,18)(H,19,20)/t8-,9+,12-,13+/m1/s1. The number of aliphatic carboxylic acids is 1. The molecular formula is C15H14FNO3. The number of amides is 1. The summed E-state index contributed by atoms with van der Waals surface area (Å²) in [6.07, 6.45) is 4.54. The average molecular weight is 275 g/mol. The number of allylic oxidation sites excluding steroid dienone is 2. The highest BCUT2D eigenvalue weighted by Crippen LogP contribution is 2.48. The molecule has 0 aromatic heterocycles. The maximum Gasteiger partial charge on any atom is 0.307 e. The number of fused-ring (bicyclic) bond motifs is 2. The number of benzene rings is 1. The fourth-order valence-corrected chi connectivity index (χ4v) is 3.28. The van der Waals surface area contributed by atoms with Gasteiger partial charge in [-0.15, -0.1) is 0 Å². The summed E-state index contributed by atoms with van der Waals surface area (Å²) in [7, 11) is 0. The van der Waals surface area contributed by atoms with Crippen molar-refractivity contribution < 1.29 is 19.1 Å². The molecule has 2 aliphatic rings. The van der Waals surface area contributed by atoms with E-state index < -0.39 is 17.8 Å². The first-order valence-corrected chi connectivity index (χ1v) is 6.54. The summed E-state index contributed by atoms with van der Waals surface area (Å²) in [4.78, 5) is 23.6. The Bertz CT molecular complexity index is 581. The van der Waals surface area contributed by atoms with E-state index in [0.717, 1.165) is 6.42 Å². The number of carbonyl (C=O) groups excluding carboxylic acids is 1. The lowest BCUT2D eigenvalue weighted by atomic mass is 9.82. The summed E-state index contributed by atoms with van der Waals surface area (Å²) >= 11 is 0. The second-order valence-corrected chi connectivity index (χ2v) is 5.33. The molecule has 1 aromatic carbocycles. The van der Waals surface area contributed by atoms with Crippen molar-refractivity contribution >= 4 is 17.6 Å². The summed E-state index contributed by atoms with van der Waals surface area (Å²) in [5.41, 5.74) is 0.479. The van der Waals surface area contributed by atoms with E-state index in [9.17, 15) is 19.1 Å². The van der Waals surface area contributed by atoms with Gasteiger partial charge in [0.1, 0.15) is 5.82 Å². The predicted octanol–water partition coefficient (Wildman–Crippen LogP) is 2.29. The van der Waals surface area contributed by atoms with Crippen molar-refractivity contribution in [2.45, 2.75) is 6.42 Å². The van der Waals surface area contributed by atoms with Crippen LogP contribution < -0.4 is 5.32 Å². The number of halogens is 1. The number of carboxylic acid groups (broad SMARTS) is 1. The van der Waals surface area contributed by atoms with Crippen molar-refractivity contribution in [2.24, 2.45) is 23.7 Å². The Morgan fingerprint density at radius 2 is 1.70 bits per heavy atom. The molecule has 20 heavy (non-hydrogen) atoms.